The molecular formula is C25H27F3N6O2S. The maximum absolute atomic E-state index is 14.6. The molecule has 0 aliphatic carbocycles. The third-order valence-corrected chi connectivity index (χ3v) is 6.77. The van der Waals surface area contributed by atoms with Crippen LogP contribution in [0, 0.1) is 11.8 Å². The summed E-state index contributed by atoms with van der Waals surface area (Å²) in [6.07, 6.45) is -0.463. The van der Waals surface area contributed by atoms with Gasteiger partial charge in [-0.05, 0) is 49.7 Å². The maximum atomic E-state index is 14.6. The molecule has 1 fully saturated rings. The summed E-state index contributed by atoms with van der Waals surface area (Å²) in [6.45, 7) is 1.22. The predicted octanol–water partition coefficient (Wildman–Crippen LogP) is 3.67. The summed E-state index contributed by atoms with van der Waals surface area (Å²) < 4.78 is 48.2. The molecule has 0 bridgehead atoms. The maximum Gasteiger partial charge on any atom is 0.289 e. The van der Waals surface area contributed by atoms with E-state index in [0.29, 0.717) is 53.1 Å². The Morgan fingerprint density at radius 3 is 2.86 bits per heavy atom. The third-order valence-electron chi connectivity index (χ3n) is 5.96. The first-order chi connectivity index (χ1) is 17.8. The van der Waals surface area contributed by atoms with Gasteiger partial charge in [0.1, 0.15) is 23.4 Å². The lowest BCUT2D eigenvalue weighted by Crippen LogP contribution is -2.46. The number of piperidine rings is 1. The van der Waals surface area contributed by atoms with Crippen LogP contribution in [-0.2, 0) is 0 Å². The van der Waals surface area contributed by atoms with Crippen molar-refractivity contribution >= 4 is 34.7 Å². The number of fused-ring (bicyclic) bond motifs is 1. The molecule has 2 atom stereocenters. The van der Waals surface area contributed by atoms with Crippen molar-refractivity contribution < 1.29 is 22.7 Å². The number of carbonyl (C=O) groups excluding carboxylic acids is 1. The number of amides is 1. The number of alkyl halides is 3. The number of ether oxygens (including phenoxy) is 1. The SMILES string of the molecule is COc1cc(C(N)=O)ccc1NCC#Cc1nn2c(N[C@@H]3CCN(C)C[C@@H]3F)cccc2c1SC(F)F. The van der Waals surface area contributed by atoms with E-state index in [9.17, 15) is 18.0 Å². The monoisotopic (exact) mass is 532 g/mol. The zero-order valence-electron chi connectivity index (χ0n) is 20.3. The molecule has 8 nitrogen and oxygen atoms in total. The van der Waals surface area contributed by atoms with Gasteiger partial charge in [0, 0.05) is 18.7 Å². The number of benzene rings is 1. The van der Waals surface area contributed by atoms with Gasteiger partial charge in [0.05, 0.1) is 35.8 Å². The van der Waals surface area contributed by atoms with Crippen LogP contribution in [0.1, 0.15) is 22.5 Å². The van der Waals surface area contributed by atoms with Crippen molar-refractivity contribution in [2.24, 2.45) is 5.73 Å². The Hall–Kier alpha value is -3.56. The lowest BCUT2D eigenvalue weighted by atomic mass is 10.0. The topological polar surface area (TPSA) is 96.9 Å². The molecule has 0 unspecified atom stereocenters. The number of nitrogens with one attached hydrogen (secondary N) is 2. The standard InChI is InChI=1S/C25H27F3N6O2S/c1-33-12-10-17(16(26)14-33)31-22-7-3-6-20-23(37-25(27)28)19(32-34(20)22)5-4-11-30-18-9-8-15(24(29)35)13-21(18)36-2/h3,6-9,13,16-17,25,30-31H,10-12,14H2,1-2H3,(H2,29,35)/t16-,17+/m0/s1. The molecule has 1 amide bonds. The van der Waals surface area contributed by atoms with E-state index < -0.39 is 23.9 Å². The summed E-state index contributed by atoms with van der Waals surface area (Å²) in [5.41, 5.74) is 6.84. The second kappa shape index (κ2) is 11.7. The van der Waals surface area contributed by atoms with Crippen LogP contribution in [0.5, 0.6) is 5.75 Å². The number of carbonyl (C=O) groups is 1. The Labute approximate surface area is 216 Å². The number of halogens is 3. The summed E-state index contributed by atoms with van der Waals surface area (Å²) >= 11 is 0.370. The second-order valence-corrected chi connectivity index (χ2v) is 9.52. The van der Waals surface area contributed by atoms with Crippen LogP contribution in [0.3, 0.4) is 0 Å². The number of thioether (sulfide) groups is 1. The van der Waals surface area contributed by atoms with Crippen molar-refractivity contribution in [3.05, 3.63) is 47.7 Å². The van der Waals surface area contributed by atoms with Gasteiger partial charge in [0.25, 0.3) is 5.76 Å². The number of aromatic nitrogens is 2. The Morgan fingerprint density at radius 2 is 2.16 bits per heavy atom. The van der Waals surface area contributed by atoms with Gasteiger partial charge in [0.15, 0.2) is 0 Å². The summed E-state index contributed by atoms with van der Waals surface area (Å²) in [5, 5.41) is 10.7. The second-order valence-electron chi connectivity index (χ2n) is 8.52. The Balaban J connectivity index is 1.58. The number of anilines is 2. The number of pyridine rings is 1. The molecule has 3 aromatic rings. The lowest BCUT2D eigenvalue weighted by Gasteiger charge is -2.33. The van der Waals surface area contributed by atoms with Crippen LogP contribution in [0.25, 0.3) is 5.52 Å². The van der Waals surface area contributed by atoms with Gasteiger partial charge < -0.3 is 26.0 Å². The molecule has 1 aliphatic rings. The fraction of sp³-hybridized carbons (Fsp3) is 0.360. The smallest absolute Gasteiger partial charge is 0.289 e. The van der Waals surface area contributed by atoms with Crippen LogP contribution in [0.2, 0.25) is 0 Å². The number of primary amides is 1. The van der Waals surface area contributed by atoms with E-state index in [1.54, 1.807) is 30.3 Å². The molecule has 3 heterocycles. The van der Waals surface area contributed by atoms with Gasteiger partial charge in [-0.25, -0.2) is 8.91 Å². The molecule has 4 rings (SSSR count). The van der Waals surface area contributed by atoms with Gasteiger partial charge in [-0.3, -0.25) is 4.79 Å². The van der Waals surface area contributed by atoms with Crippen molar-refractivity contribution in [2.75, 3.05) is 44.4 Å². The molecule has 2 aromatic heterocycles. The molecule has 0 radical (unpaired) electrons. The molecule has 1 saturated heterocycles. The van der Waals surface area contributed by atoms with Crippen LogP contribution >= 0.6 is 11.8 Å². The average molecular weight is 533 g/mol. The van der Waals surface area contributed by atoms with E-state index in [0.717, 1.165) is 6.54 Å². The minimum absolute atomic E-state index is 0.156. The largest absolute Gasteiger partial charge is 0.495 e. The van der Waals surface area contributed by atoms with Crippen LogP contribution < -0.4 is 21.1 Å². The first-order valence-corrected chi connectivity index (χ1v) is 12.4. The van der Waals surface area contributed by atoms with Crippen molar-refractivity contribution in [3.8, 4) is 17.6 Å². The molecule has 4 N–H and O–H groups in total. The van der Waals surface area contributed by atoms with Gasteiger partial charge in [-0.15, -0.1) is 0 Å². The highest BCUT2D eigenvalue weighted by atomic mass is 32.2. The molecule has 0 spiro atoms. The Morgan fingerprint density at radius 1 is 1.35 bits per heavy atom. The van der Waals surface area contributed by atoms with Gasteiger partial charge in [0.2, 0.25) is 5.91 Å². The highest BCUT2D eigenvalue weighted by Crippen LogP contribution is 2.34. The molecule has 1 aliphatic heterocycles. The minimum atomic E-state index is -2.67. The Bertz CT molecular complexity index is 1340. The van der Waals surface area contributed by atoms with Crippen molar-refractivity contribution in [2.45, 2.75) is 29.3 Å². The van der Waals surface area contributed by atoms with Crippen LogP contribution in [-0.4, -0.2) is 72.2 Å². The van der Waals surface area contributed by atoms with Crippen molar-refractivity contribution in [1.29, 1.82) is 0 Å². The molecule has 1 aromatic carbocycles. The van der Waals surface area contributed by atoms with Crippen LogP contribution in [0.4, 0.5) is 24.7 Å². The lowest BCUT2D eigenvalue weighted by molar-refractivity contribution is 0.1000. The normalized spacial score (nSPS) is 17.9. The number of rotatable bonds is 8. The number of nitrogens with zero attached hydrogens (tertiary/aromatic N) is 3. The minimum Gasteiger partial charge on any atom is -0.495 e. The quantitative estimate of drug-likeness (QED) is 0.301. The highest BCUT2D eigenvalue weighted by Gasteiger charge is 2.28. The van der Waals surface area contributed by atoms with Gasteiger partial charge in [-0.1, -0.05) is 23.7 Å². The number of hydrogen-bond acceptors (Lipinski definition) is 7. The van der Waals surface area contributed by atoms with Gasteiger partial charge >= 0.3 is 0 Å². The van der Waals surface area contributed by atoms with E-state index in [-0.39, 0.29) is 17.1 Å². The summed E-state index contributed by atoms with van der Waals surface area (Å²) in [4.78, 5) is 13.6. The molecule has 12 heteroatoms. The molecular weight excluding hydrogens is 505 g/mol. The third kappa shape index (κ3) is 6.23. The molecule has 0 saturated carbocycles. The zero-order valence-corrected chi connectivity index (χ0v) is 21.1. The van der Waals surface area contributed by atoms with E-state index >= 15 is 0 Å². The van der Waals surface area contributed by atoms with Crippen molar-refractivity contribution in [3.63, 3.8) is 0 Å². The number of likely N-dealkylation sites (tertiary alicyclic amines) is 1. The van der Waals surface area contributed by atoms with Crippen LogP contribution in [0.15, 0.2) is 41.3 Å². The summed E-state index contributed by atoms with van der Waals surface area (Å²) in [5.74, 6) is 3.45. The van der Waals surface area contributed by atoms with E-state index in [1.165, 1.54) is 17.7 Å². The first kappa shape index (κ1) is 26.5. The molecule has 37 heavy (non-hydrogen) atoms. The Kier molecular flexibility index (Phi) is 8.35. The number of hydrogen-bond donors (Lipinski definition) is 3. The average Bonchev–Trinajstić information content (AvgIpc) is 3.21. The predicted molar refractivity (Wildman–Crippen MR) is 138 cm³/mol. The zero-order chi connectivity index (χ0) is 26.5. The van der Waals surface area contributed by atoms with Gasteiger partial charge in [-0.2, -0.15) is 13.9 Å². The highest BCUT2D eigenvalue weighted by molar-refractivity contribution is 7.99. The van der Waals surface area contributed by atoms with Crippen molar-refractivity contribution in [1.82, 2.24) is 14.5 Å². The summed E-state index contributed by atoms with van der Waals surface area (Å²) in [6, 6.07) is 9.44. The fourth-order valence-corrected chi connectivity index (χ4v) is 4.77. The van der Waals surface area contributed by atoms with E-state index in [1.807, 2.05) is 11.9 Å². The molecule has 196 valence electrons. The summed E-state index contributed by atoms with van der Waals surface area (Å²) in [7, 11) is 3.33. The number of nitrogens with two attached hydrogens (primary N) is 1. The fourth-order valence-electron chi connectivity index (χ4n) is 4.11. The van der Waals surface area contributed by atoms with E-state index in [2.05, 4.69) is 27.6 Å². The first-order valence-electron chi connectivity index (χ1n) is 11.5. The number of methoxy groups -OCH3 is 1. The van der Waals surface area contributed by atoms with E-state index in [4.69, 9.17) is 10.5 Å².